The summed E-state index contributed by atoms with van der Waals surface area (Å²) in [5.74, 6) is -0.254. The van der Waals surface area contributed by atoms with E-state index < -0.39 is 5.97 Å². The molecule has 6 heteroatoms. The number of nitrogens with two attached hydrogens (primary N) is 1. The molecule has 0 saturated carbocycles. The summed E-state index contributed by atoms with van der Waals surface area (Å²) >= 11 is 11.9. The number of halogens is 2. The van der Waals surface area contributed by atoms with Gasteiger partial charge in [-0.2, -0.15) is 0 Å². The van der Waals surface area contributed by atoms with Crippen molar-refractivity contribution in [2.45, 2.75) is 6.92 Å². The lowest BCUT2D eigenvalue weighted by molar-refractivity contribution is 0.0526. The zero-order valence-corrected chi connectivity index (χ0v) is 10.8. The fourth-order valence-corrected chi connectivity index (χ4v) is 1.75. The van der Waals surface area contributed by atoms with Crippen molar-refractivity contribution in [3.8, 4) is 5.75 Å². The Hall–Kier alpha value is -0.970. The summed E-state index contributed by atoms with van der Waals surface area (Å²) in [4.78, 5) is 11.6. The Morgan fingerprint density at radius 2 is 2.12 bits per heavy atom. The lowest BCUT2D eigenvalue weighted by atomic mass is 10.2. The minimum absolute atomic E-state index is 0.143. The SMILES string of the molecule is CCOC(=O)c1ccc(Cl)c(OCCN)c1Cl. The third-order valence-electron chi connectivity index (χ3n) is 1.91. The molecule has 0 bridgehead atoms. The van der Waals surface area contributed by atoms with E-state index >= 15 is 0 Å². The van der Waals surface area contributed by atoms with Crippen LogP contribution in [0.15, 0.2) is 12.1 Å². The highest BCUT2D eigenvalue weighted by atomic mass is 35.5. The number of ether oxygens (including phenoxy) is 2. The summed E-state index contributed by atoms with van der Waals surface area (Å²) < 4.78 is 10.2. The zero-order valence-electron chi connectivity index (χ0n) is 9.33. The number of benzene rings is 1. The highest BCUT2D eigenvalue weighted by Crippen LogP contribution is 2.35. The lowest BCUT2D eigenvalue weighted by Crippen LogP contribution is -2.12. The van der Waals surface area contributed by atoms with Crippen LogP contribution in [0.4, 0.5) is 0 Å². The molecule has 0 amide bonds. The van der Waals surface area contributed by atoms with Crippen LogP contribution in [0, 0.1) is 0 Å². The molecule has 94 valence electrons. The van der Waals surface area contributed by atoms with Gasteiger partial charge in [0.1, 0.15) is 6.61 Å². The van der Waals surface area contributed by atoms with Crippen LogP contribution in [0.2, 0.25) is 10.0 Å². The first-order chi connectivity index (χ1) is 8.11. The maximum atomic E-state index is 11.6. The van der Waals surface area contributed by atoms with E-state index in [1.54, 1.807) is 6.92 Å². The highest BCUT2D eigenvalue weighted by Gasteiger charge is 2.18. The predicted molar refractivity (Wildman–Crippen MR) is 67.0 cm³/mol. The molecular formula is C11H13Cl2NO3. The average molecular weight is 278 g/mol. The summed E-state index contributed by atoms with van der Waals surface area (Å²) in [6.45, 7) is 2.59. The predicted octanol–water partition coefficient (Wildman–Crippen LogP) is 2.51. The van der Waals surface area contributed by atoms with Crippen molar-refractivity contribution < 1.29 is 14.3 Å². The maximum Gasteiger partial charge on any atom is 0.339 e. The molecule has 0 aliphatic carbocycles. The van der Waals surface area contributed by atoms with E-state index in [-0.39, 0.29) is 29.5 Å². The van der Waals surface area contributed by atoms with Crippen LogP contribution in [0.5, 0.6) is 5.75 Å². The van der Waals surface area contributed by atoms with Crippen LogP contribution in [0.1, 0.15) is 17.3 Å². The van der Waals surface area contributed by atoms with Gasteiger partial charge in [-0.05, 0) is 19.1 Å². The molecule has 0 radical (unpaired) electrons. The quantitative estimate of drug-likeness (QED) is 0.841. The van der Waals surface area contributed by atoms with Crippen LogP contribution >= 0.6 is 23.2 Å². The van der Waals surface area contributed by atoms with Gasteiger partial charge in [0, 0.05) is 6.54 Å². The third kappa shape index (κ3) is 3.49. The van der Waals surface area contributed by atoms with E-state index in [0.29, 0.717) is 11.6 Å². The normalized spacial score (nSPS) is 10.1. The van der Waals surface area contributed by atoms with Gasteiger partial charge in [-0.15, -0.1) is 0 Å². The van der Waals surface area contributed by atoms with Crippen LogP contribution in [-0.4, -0.2) is 25.7 Å². The van der Waals surface area contributed by atoms with E-state index in [1.165, 1.54) is 12.1 Å². The Bertz CT molecular complexity index is 410. The van der Waals surface area contributed by atoms with Crippen molar-refractivity contribution in [3.05, 3.63) is 27.7 Å². The molecule has 17 heavy (non-hydrogen) atoms. The first-order valence-corrected chi connectivity index (χ1v) is 5.85. The van der Waals surface area contributed by atoms with Gasteiger partial charge >= 0.3 is 5.97 Å². The zero-order chi connectivity index (χ0) is 12.8. The number of hydrogen-bond acceptors (Lipinski definition) is 4. The summed E-state index contributed by atoms with van der Waals surface area (Å²) in [7, 11) is 0. The third-order valence-corrected chi connectivity index (χ3v) is 2.58. The van der Waals surface area contributed by atoms with Crippen LogP contribution < -0.4 is 10.5 Å². The molecule has 0 atom stereocenters. The Labute approximate surface area is 110 Å². The molecule has 0 aliphatic rings. The molecule has 4 nitrogen and oxygen atoms in total. The number of esters is 1. The van der Waals surface area contributed by atoms with Crippen molar-refractivity contribution >= 4 is 29.2 Å². The van der Waals surface area contributed by atoms with Crippen molar-refractivity contribution in [1.82, 2.24) is 0 Å². The van der Waals surface area contributed by atoms with Crippen LogP contribution in [-0.2, 0) is 4.74 Å². The Morgan fingerprint density at radius 1 is 1.41 bits per heavy atom. The molecule has 0 heterocycles. The smallest absolute Gasteiger partial charge is 0.339 e. The van der Waals surface area contributed by atoms with Gasteiger partial charge < -0.3 is 15.2 Å². The van der Waals surface area contributed by atoms with Gasteiger partial charge in [0.25, 0.3) is 0 Å². The molecule has 1 rings (SSSR count). The number of carbonyl (C=O) groups excluding carboxylic acids is 1. The largest absolute Gasteiger partial charge is 0.489 e. The second-order valence-corrected chi connectivity index (χ2v) is 3.88. The summed E-state index contributed by atoms with van der Waals surface area (Å²) in [6.07, 6.45) is 0. The Morgan fingerprint density at radius 3 is 2.71 bits per heavy atom. The monoisotopic (exact) mass is 277 g/mol. The lowest BCUT2D eigenvalue weighted by Gasteiger charge is -2.11. The van der Waals surface area contributed by atoms with Crippen molar-refractivity contribution in [1.29, 1.82) is 0 Å². The van der Waals surface area contributed by atoms with E-state index in [4.69, 9.17) is 38.4 Å². The van der Waals surface area contributed by atoms with Gasteiger partial charge in [-0.3, -0.25) is 0 Å². The first kappa shape index (κ1) is 14.1. The molecule has 0 spiro atoms. The summed E-state index contributed by atoms with van der Waals surface area (Å²) in [6, 6.07) is 3.03. The van der Waals surface area contributed by atoms with Crippen molar-refractivity contribution in [2.24, 2.45) is 5.73 Å². The molecule has 0 aromatic heterocycles. The average Bonchev–Trinajstić information content (AvgIpc) is 2.29. The van der Waals surface area contributed by atoms with Gasteiger partial charge in [-0.25, -0.2) is 4.79 Å². The van der Waals surface area contributed by atoms with E-state index in [1.807, 2.05) is 0 Å². The highest BCUT2D eigenvalue weighted by molar-refractivity contribution is 6.39. The van der Waals surface area contributed by atoms with Gasteiger partial charge in [0.15, 0.2) is 5.75 Å². The summed E-state index contributed by atoms with van der Waals surface area (Å²) in [5.41, 5.74) is 5.55. The van der Waals surface area contributed by atoms with E-state index in [0.717, 1.165) is 0 Å². The molecular weight excluding hydrogens is 265 g/mol. The fraction of sp³-hybridized carbons (Fsp3) is 0.364. The Balaban J connectivity index is 3.05. The van der Waals surface area contributed by atoms with Gasteiger partial charge in [0.05, 0.1) is 22.2 Å². The first-order valence-electron chi connectivity index (χ1n) is 5.09. The standard InChI is InChI=1S/C11H13Cl2NO3/c1-2-16-11(15)7-3-4-8(12)10(9(7)13)17-6-5-14/h3-4H,2,5-6,14H2,1H3. The second kappa shape index (κ2) is 6.69. The minimum atomic E-state index is -0.508. The van der Waals surface area contributed by atoms with Crippen molar-refractivity contribution in [3.63, 3.8) is 0 Å². The molecule has 1 aromatic rings. The fourth-order valence-electron chi connectivity index (χ4n) is 1.19. The number of hydrogen-bond donors (Lipinski definition) is 1. The molecule has 0 aliphatic heterocycles. The molecule has 2 N–H and O–H groups in total. The topological polar surface area (TPSA) is 61.5 Å². The van der Waals surface area contributed by atoms with E-state index in [2.05, 4.69) is 0 Å². The molecule has 0 saturated heterocycles. The summed E-state index contributed by atoms with van der Waals surface area (Å²) in [5, 5.41) is 0.473. The van der Waals surface area contributed by atoms with Crippen LogP contribution in [0.25, 0.3) is 0 Å². The molecule has 1 aromatic carbocycles. The number of carbonyl (C=O) groups is 1. The maximum absolute atomic E-state index is 11.6. The van der Waals surface area contributed by atoms with Crippen molar-refractivity contribution in [2.75, 3.05) is 19.8 Å². The minimum Gasteiger partial charge on any atom is -0.489 e. The van der Waals surface area contributed by atoms with Gasteiger partial charge in [0.2, 0.25) is 0 Å². The second-order valence-electron chi connectivity index (χ2n) is 3.10. The Kier molecular flexibility index (Phi) is 5.55. The number of rotatable bonds is 5. The van der Waals surface area contributed by atoms with Crippen LogP contribution in [0.3, 0.4) is 0 Å². The molecule has 0 fully saturated rings. The van der Waals surface area contributed by atoms with E-state index in [9.17, 15) is 4.79 Å². The molecule has 0 unspecified atom stereocenters. The van der Waals surface area contributed by atoms with Gasteiger partial charge in [-0.1, -0.05) is 23.2 Å².